The van der Waals surface area contributed by atoms with Crippen molar-refractivity contribution in [3.63, 3.8) is 0 Å². The van der Waals surface area contributed by atoms with Crippen molar-refractivity contribution < 1.29 is 13.6 Å². The molecule has 0 bridgehead atoms. The SMILES string of the molecule is Cc1ccc(-c2nc3ccccc3o2)cc1NC(=S)NC(=O)c1oc2ccccc2c1C. The number of benzene rings is 3. The van der Waals surface area contributed by atoms with Gasteiger partial charge in [-0.3, -0.25) is 10.1 Å². The van der Waals surface area contributed by atoms with E-state index in [-0.39, 0.29) is 10.9 Å². The molecule has 0 saturated heterocycles. The fourth-order valence-electron chi connectivity index (χ4n) is 3.59. The molecule has 7 heteroatoms. The molecule has 6 nitrogen and oxygen atoms in total. The van der Waals surface area contributed by atoms with Gasteiger partial charge in [-0.25, -0.2) is 4.98 Å². The summed E-state index contributed by atoms with van der Waals surface area (Å²) in [5, 5.41) is 6.87. The number of furan rings is 1. The maximum atomic E-state index is 12.8. The molecule has 158 valence electrons. The highest BCUT2D eigenvalue weighted by Gasteiger charge is 2.19. The third-order valence-electron chi connectivity index (χ3n) is 5.30. The highest BCUT2D eigenvalue weighted by atomic mass is 32.1. The highest BCUT2D eigenvalue weighted by Crippen LogP contribution is 2.28. The predicted octanol–water partition coefficient (Wildman–Crippen LogP) is 5.98. The van der Waals surface area contributed by atoms with E-state index >= 15 is 0 Å². The first-order valence-corrected chi connectivity index (χ1v) is 10.5. The molecule has 2 aromatic heterocycles. The molecule has 0 radical (unpaired) electrons. The minimum atomic E-state index is -0.399. The van der Waals surface area contributed by atoms with Crippen molar-refractivity contribution in [3.8, 4) is 11.5 Å². The molecule has 0 aliphatic rings. The van der Waals surface area contributed by atoms with Crippen LogP contribution in [0.25, 0.3) is 33.5 Å². The summed E-state index contributed by atoms with van der Waals surface area (Å²) in [6.07, 6.45) is 0. The number of carbonyl (C=O) groups is 1. The first-order chi connectivity index (χ1) is 15.5. The first-order valence-electron chi connectivity index (χ1n) is 10.1. The number of aromatic nitrogens is 1. The van der Waals surface area contributed by atoms with Crippen LogP contribution >= 0.6 is 12.2 Å². The third-order valence-corrected chi connectivity index (χ3v) is 5.51. The molecule has 0 atom stereocenters. The van der Waals surface area contributed by atoms with Gasteiger partial charge >= 0.3 is 0 Å². The largest absolute Gasteiger partial charge is 0.451 e. The second-order valence-corrected chi connectivity index (χ2v) is 7.89. The van der Waals surface area contributed by atoms with Gasteiger partial charge in [0, 0.05) is 22.2 Å². The van der Waals surface area contributed by atoms with Crippen LogP contribution < -0.4 is 10.6 Å². The Morgan fingerprint density at radius 2 is 1.69 bits per heavy atom. The monoisotopic (exact) mass is 441 g/mol. The smallest absolute Gasteiger partial charge is 0.293 e. The van der Waals surface area contributed by atoms with Gasteiger partial charge in [-0.1, -0.05) is 36.4 Å². The molecule has 0 aliphatic heterocycles. The molecular weight excluding hydrogens is 422 g/mol. The van der Waals surface area contributed by atoms with E-state index in [9.17, 15) is 4.79 Å². The Kier molecular flexibility index (Phi) is 4.95. The van der Waals surface area contributed by atoms with Crippen LogP contribution in [-0.2, 0) is 0 Å². The van der Waals surface area contributed by atoms with Gasteiger partial charge in [0.15, 0.2) is 16.5 Å². The molecule has 0 fully saturated rings. The van der Waals surface area contributed by atoms with Crippen molar-refractivity contribution in [2.45, 2.75) is 13.8 Å². The van der Waals surface area contributed by atoms with Crippen LogP contribution in [0.3, 0.4) is 0 Å². The molecule has 3 aromatic carbocycles. The summed E-state index contributed by atoms with van der Waals surface area (Å²) in [7, 11) is 0. The van der Waals surface area contributed by atoms with E-state index in [1.165, 1.54) is 0 Å². The number of oxazole rings is 1. The number of carbonyl (C=O) groups excluding carboxylic acids is 1. The van der Waals surface area contributed by atoms with Crippen molar-refractivity contribution >= 4 is 51.0 Å². The van der Waals surface area contributed by atoms with Gasteiger partial charge < -0.3 is 14.2 Å². The standard InChI is InChI=1S/C25H19N3O3S/c1-14-11-12-16(24-26-18-8-4-6-10-21(18)31-24)13-19(14)27-25(32)28-23(29)22-15(2)17-7-3-5-9-20(17)30-22/h3-13H,1-2H3,(H2,27,28,29,32). The first kappa shape index (κ1) is 20.0. The molecule has 0 spiro atoms. The van der Waals surface area contributed by atoms with Crippen LogP contribution in [0, 0.1) is 13.8 Å². The molecule has 1 amide bonds. The lowest BCUT2D eigenvalue weighted by atomic mass is 10.1. The van der Waals surface area contributed by atoms with Crippen LogP contribution in [0.15, 0.2) is 75.6 Å². The summed E-state index contributed by atoms with van der Waals surface area (Å²) in [6, 6.07) is 20.9. The molecule has 0 unspecified atom stereocenters. The number of hydrogen-bond donors (Lipinski definition) is 2. The number of para-hydroxylation sites is 3. The van der Waals surface area contributed by atoms with Gasteiger partial charge in [0.1, 0.15) is 11.1 Å². The van der Waals surface area contributed by atoms with Gasteiger partial charge in [-0.2, -0.15) is 0 Å². The summed E-state index contributed by atoms with van der Waals surface area (Å²) < 4.78 is 11.6. The van der Waals surface area contributed by atoms with Crippen LogP contribution in [-0.4, -0.2) is 16.0 Å². The molecule has 2 heterocycles. The average Bonchev–Trinajstić information content (AvgIpc) is 3.37. The van der Waals surface area contributed by atoms with E-state index in [1.807, 2.05) is 80.6 Å². The summed E-state index contributed by atoms with van der Waals surface area (Å²) in [6.45, 7) is 3.80. The normalized spacial score (nSPS) is 11.1. The van der Waals surface area contributed by atoms with Crippen molar-refractivity contribution in [2.24, 2.45) is 0 Å². The second-order valence-electron chi connectivity index (χ2n) is 7.48. The maximum absolute atomic E-state index is 12.8. The van der Waals surface area contributed by atoms with Gasteiger partial charge in [0.25, 0.3) is 5.91 Å². The molecule has 0 saturated carbocycles. The number of hydrogen-bond acceptors (Lipinski definition) is 5. The lowest BCUT2D eigenvalue weighted by molar-refractivity contribution is 0.0952. The summed E-state index contributed by atoms with van der Waals surface area (Å²) >= 11 is 5.38. The Hall–Kier alpha value is -3.97. The number of rotatable bonds is 3. The van der Waals surface area contributed by atoms with E-state index in [0.29, 0.717) is 11.5 Å². The number of fused-ring (bicyclic) bond motifs is 2. The number of thiocarbonyl (C=S) groups is 1. The molecule has 2 N–H and O–H groups in total. The second kappa shape index (κ2) is 7.94. The Bertz CT molecular complexity index is 1470. The predicted molar refractivity (Wildman–Crippen MR) is 129 cm³/mol. The number of aryl methyl sites for hydroxylation is 2. The van der Waals surface area contributed by atoms with Crippen molar-refractivity contribution in [2.75, 3.05) is 5.32 Å². The highest BCUT2D eigenvalue weighted by molar-refractivity contribution is 7.80. The van der Waals surface area contributed by atoms with E-state index < -0.39 is 5.91 Å². The fourth-order valence-corrected chi connectivity index (χ4v) is 3.79. The lowest BCUT2D eigenvalue weighted by Crippen LogP contribution is -2.34. The topological polar surface area (TPSA) is 80.3 Å². The van der Waals surface area contributed by atoms with Gasteiger partial charge in [-0.15, -0.1) is 0 Å². The zero-order valence-electron chi connectivity index (χ0n) is 17.4. The van der Waals surface area contributed by atoms with Crippen molar-refractivity contribution in [1.82, 2.24) is 10.3 Å². The molecule has 5 rings (SSSR count). The van der Waals surface area contributed by atoms with Gasteiger partial charge in [-0.05, 0) is 62.0 Å². The zero-order chi connectivity index (χ0) is 22.2. The van der Waals surface area contributed by atoms with Crippen LogP contribution in [0.1, 0.15) is 21.7 Å². The Morgan fingerprint density at radius 1 is 0.938 bits per heavy atom. The Morgan fingerprint density at radius 3 is 2.47 bits per heavy atom. The quantitative estimate of drug-likeness (QED) is 0.335. The molecule has 5 aromatic rings. The van der Waals surface area contributed by atoms with Crippen LogP contribution in [0.4, 0.5) is 5.69 Å². The molecular formula is C25H19N3O3S. The fraction of sp³-hybridized carbons (Fsp3) is 0.0800. The number of amides is 1. The van der Waals surface area contributed by atoms with Gasteiger partial charge in [0.05, 0.1) is 0 Å². The average molecular weight is 442 g/mol. The van der Waals surface area contributed by atoms with Crippen LogP contribution in [0.5, 0.6) is 0 Å². The molecule has 32 heavy (non-hydrogen) atoms. The maximum Gasteiger partial charge on any atom is 0.293 e. The van der Waals surface area contributed by atoms with E-state index in [2.05, 4.69) is 15.6 Å². The van der Waals surface area contributed by atoms with Gasteiger partial charge in [0.2, 0.25) is 5.89 Å². The summed E-state index contributed by atoms with van der Waals surface area (Å²) in [5.74, 6) is 0.360. The van der Waals surface area contributed by atoms with Crippen LogP contribution in [0.2, 0.25) is 0 Å². The van der Waals surface area contributed by atoms with E-state index in [0.717, 1.165) is 38.9 Å². The molecule has 0 aliphatic carbocycles. The minimum absolute atomic E-state index is 0.174. The number of nitrogens with zero attached hydrogens (tertiary/aromatic N) is 1. The minimum Gasteiger partial charge on any atom is -0.451 e. The lowest BCUT2D eigenvalue weighted by Gasteiger charge is -2.12. The summed E-state index contributed by atoms with van der Waals surface area (Å²) in [5.41, 5.74) is 5.46. The zero-order valence-corrected chi connectivity index (χ0v) is 18.2. The number of nitrogens with one attached hydrogen (secondary N) is 2. The Balaban J connectivity index is 1.36. The van der Waals surface area contributed by atoms with E-state index in [4.69, 9.17) is 21.1 Å². The third kappa shape index (κ3) is 3.63. The van der Waals surface area contributed by atoms with Crippen molar-refractivity contribution in [3.05, 3.63) is 83.6 Å². The van der Waals surface area contributed by atoms with E-state index in [1.54, 1.807) is 0 Å². The summed E-state index contributed by atoms with van der Waals surface area (Å²) in [4.78, 5) is 17.3. The number of anilines is 1. The van der Waals surface area contributed by atoms with Crippen molar-refractivity contribution in [1.29, 1.82) is 0 Å². The Labute approximate surface area is 189 Å².